The van der Waals surface area contributed by atoms with Gasteiger partial charge in [-0.3, -0.25) is 0 Å². The molecule has 4 heteroatoms. The van der Waals surface area contributed by atoms with Gasteiger partial charge in [0.1, 0.15) is 0 Å². The van der Waals surface area contributed by atoms with Crippen molar-refractivity contribution in [3.8, 4) is 0 Å². The predicted octanol–water partition coefficient (Wildman–Crippen LogP) is 2.85. The molecule has 0 aromatic heterocycles. The third-order valence-electron chi connectivity index (χ3n) is 3.32. The van der Waals surface area contributed by atoms with Crippen molar-refractivity contribution < 1.29 is 4.74 Å². The van der Waals surface area contributed by atoms with Crippen LogP contribution in [0.15, 0.2) is 18.2 Å². The number of rotatable bonds is 2. The monoisotopic (exact) mass is 332 g/mol. The van der Waals surface area contributed by atoms with E-state index in [1.165, 1.54) is 0 Å². The average molecular weight is 332 g/mol. The lowest BCUT2D eigenvalue weighted by Gasteiger charge is -2.30. The summed E-state index contributed by atoms with van der Waals surface area (Å²) < 4.78 is 6.75. The number of nitrogen functional groups attached to an aromatic ring is 1. The zero-order valence-corrected chi connectivity index (χ0v) is 11.7. The van der Waals surface area contributed by atoms with Crippen LogP contribution >= 0.6 is 22.6 Å². The summed E-state index contributed by atoms with van der Waals surface area (Å²) in [6.45, 7) is 5.10. The summed E-state index contributed by atoms with van der Waals surface area (Å²) >= 11 is 2.26. The van der Waals surface area contributed by atoms with E-state index < -0.39 is 0 Å². The number of hydrogen-bond donors (Lipinski definition) is 2. The van der Waals surface area contributed by atoms with Gasteiger partial charge in [0, 0.05) is 10.2 Å². The number of benzene rings is 1. The van der Waals surface area contributed by atoms with Gasteiger partial charge in [-0.2, -0.15) is 0 Å². The first-order chi connectivity index (χ1) is 7.51. The van der Waals surface area contributed by atoms with Crippen LogP contribution in [0.2, 0.25) is 0 Å². The fraction of sp³-hybridized carbons (Fsp3) is 0.500. The van der Waals surface area contributed by atoms with E-state index in [9.17, 15) is 0 Å². The molecule has 0 amide bonds. The second-order valence-electron chi connectivity index (χ2n) is 4.54. The molecule has 0 bridgehead atoms. The minimum Gasteiger partial charge on any atom is -0.397 e. The SMILES string of the molecule is CC1OCCC1(C)Nc1ccc(I)cc1N. The lowest BCUT2D eigenvalue weighted by atomic mass is 9.94. The molecule has 0 saturated carbocycles. The molecule has 1 fully saturated rings. The third kappa shape index (κ3) is 2.27. The van der Waals surface area contributed by atoms with Crippen molar-refractivity contribution in [1.29, 1.82) is 0 Å². The topological polar surface area (TPSA) is 47.3 Å². The quantitative estimate of drug-likeness (QED) is 0.647. The Morgan fingerprint density at radius 3 is 2.88 bits per heavy atom. The Morgan fingerprint density at radius 1 is 1.56 bits per heavy atom. The van der Waals surface area contributed by atoms with Gasteiger partial charge in [-0.25, -0.2) is 0 Å². The summed E-state index contributed by atoms with van der Waals surface area (Å²) in [4.78, 5) is 0. The Bertz CT molecular complexity index is 397. The molecule has 1 saturated heterocycles. The van der Waals surface area contributed by atoms with E-state index in [0.29, 0.717) is 0 Å². The summed E-state index contributed by atoms with van der Waals surface area (Å²) in [5, 5.41) is 3.51. The van der Waals surface area contributed by atoms with Crippen LogP contribution in [-0.4, -0.2) is 18.2 Å². The molecule has 3 nitrogen and oxygen atoms in total. The van der Waals surface area contributed by atoms with Crippen molar-refractivity contribution in [2.45, 2.75) is 31.9 Å². The molecule has 88 valence electrons. The molecule has 0 spiro atoms. The van der Waals surface area contributed by atoms with Gasteiger partial charge in [-0.15, -0.1) is 0 Å². The maximum Gasteiger partial charge on any atom is 0.0774 e. The van der Waals surface area contributed by atoms with Gasteiger partial charge in [0.25, 0.3) is 0 Å². The highest BCUT2D eigenvalue weighted by molar-refractivity contribution is 14.1. The van der Waals surface area contributed by atoms with Gasteiger partial charge in [-0.1, -0.05) is 0 Å². The molecule has 16 heavy (non-hydrogen) atoms. The maximum atomic E-state index is 6.00. The highest BCUT2D eigenvalue weighted by Gasteiger charge is 2.37. The van der Waals surface area contributed by atoms with Gasteiger partial charge < -0.3 is 15.8 Å². The zero-order valence-electron chi connectivity index (χ0n) is 9.59. The summed E-state index contributed by atoms with van der Waals surface area (Å²) in [5.74, 6) is 0. The van der Waals surface area contributed by atoms with Crippen LogP contribution in [0.4, 0.5) is 11.4 Å². The number of nitrogens with one attached hydrogen (secondary N) is 1. The number of nitrogens with two attached hydrogens (primary N) is 1. The third-order valence-corrected chi connectivity index (χ3v) is 3.99. The van der Waals surface area contributed by atoms with Crippen molar-refractivity contribution in [1.82, 2.24) is 0 Å². The van der Waals surface area contributed by atoms with Crippen LogP contribution in [-0.2, 0) is 4.74 Å². The van der Waals surface area contributed by atoms with Gasteiger partial charge in [0.15, 0.2) is 0 Å². The van der Waals surface area contributed by atoms with E-state index in [1.807, 2.05) is 12.1 Å². The molecule has 3 N–H and O–H groups in total. The smallest absolute Gasteiger partial charge is 0.0774 e. The molecule has 2 atom stereocenters. The fourth-order valence-corrected chi connectivity index (χ4v) is 2.47. The second-order valence-corrected chi connectivity index (χ2v) is 5.78. The van der Waals surface area contributed by atoms with Crippen LogP contribution < -0.4 is 11.1 Å². The van der Waals surface area contributed by atoms with Crippen molar-refractivity contribution in [2.75, 3.05) is 17.7 Å². The van der Waals surface area contributed by atoms with Crippen LogP contribution in [0.3, 0.4) is 0 Å². The van der Waals surface area contributed by atoms with Crippen molar-refractivity contribution in [3.05, 3.63) is 21.8 Å². The molecule has 1 aliphatic heterocycles. The Balaban J connectivity index is 2.20. The van der Waals surface area contributed by atoms with Crippen LogP contribution in [0.1, 0.15) is 20.3 Å². The molecule has 2 unspecified atom stereocenters. The van der Waals surface area contributed by atoms with Crippen LogP contribution in [0, 0.1) is 3.57 Å². The summed E-state index contributed by atoms with van der Waals surface area (Å²) in [6.07, 6.45) is 1.23. The van der Waals surface area contributed by atoms with Crippen LogP contribution in [0.5, 0.6) is 0 Å². The van der Waals surface area contributed by atoms with E-state index in [1.54, 1.807) is 0 Å². The first kappa shape index (κ1) is 12.0. The molecule has 1 aliphatic rings. The van der Waals surface area contributed by atoms with Gasteiger partial charge >= 0.3 is 0 Å². The van der Waals surface area contributed by atoms with Gasteiger partial charge in [0.2, 0.25) is 0 Å². The Hall–Kier alpha value is -0.490. The van der Waals surface area contributed by atoms with Gasteiger partial charge in [0.05, 0.1) is 23.0 Å². The lowest BCUT2D eigenvalue weighted by Crippen LogP contribution is -2.41. The molecular weight excluding hydrogens is 315 g/mol. The molecular formula is C12H17IN2O. The fourth-order valence-electron chi connectivity index (χ4n) is 1.95. The van der Waals surface area contributed by atoms with Crippen molar-refractivity contribution >= 4 is 34.0 Å². The van der Waals surface area contributed by atoms with Crippen LogP contribution in [0.25, 0.3) is 0 Å². The van der Waals surface area contributed by atoms with E-state index >= 15 is 0 Å². The first-order valence-corrected chi connectivity index (χ1v) is 6.54. The molecule has 1 aromatic rings. The summed E-state index contributed by atoms with van der Waals surface area (Å²) in [7, 11) is 0. The number of anilines is 2. The van der Waals surface area contributed by atoms with Crippen molar-refractivity contribution in [3.63, 3.8) is 0 Å². The number of halogens is 1. The molecule has 1 heterocycles. The summed E-state index contributed by atoms with van der Waals surface area (Å²) in [6, 6.07) is 6.07. The minimum absolute atomic E-state index is 0.0130. The van der Waals surface area contributed by atoms with E-state index in [4.69, 9.17) is 10.5 Å². The standard InChI is InChI=1S/C12H17IN2O/c1-8-12(2,5-6-16-8)15-11-4-3-9(13)7-10(11)14/h3-4,7-8,15H,5-6,14H2,1-2H3. The number of hydrogen-bond acceptors (Lipinski definition) is 3. The minimum atomic E-state index is -0.0130. The zero-order chi connectivity index (χ0) is 11.8. The Kier molecular flexibility index (Phi) is 3.30. The molecule has 1 aromatic carbocycles. The van der Waals surface area contributed by atoms with E-state index in [-0.39, 0.29) is 11.6 Å². The van der Waals surface area contributed by atoms with E-state index in [0.717, 1.165) is 28.0 Å². The lowest BCUT2D eigenvalue weighted by molar-refractivity contribution is 0.105. The maximum absolute atomic E-state index is 6.00. The molecule has 0 radical (unpaired) electrons. The molecule has 2 rings (SSSR count). The predicted molar refractivity (Wildman–Crippen MR) is 75.6 cm³/mol. The highest BCUT2D eigenvalue weighted by atomic mass is 127. The number of ether oxygens (including phenoxy) is 1. The highest BCUT2D eigenvalue weighted by Crippen LogP contribution is 2.32. The average Bonchev–Trinajstić information content (AvgIpc) is 2.52. The van der Waals surface area contributed by atoms with Crippen molar-refractivity contribution in [2.24, 2.45) is 0 Å². The normalized spacial score (nSPS) is 29.3. The first-order valence-electron chi connectivity index (χ1n) is 5.46. The largest absolute Gasteiger partial charge is 0.397 e. The second kappa shape index (κ2) is 4.41. The Labute approximate surface area is 110 Å². The van der Waals surface area contributed by atoms with E-state index in [2.05, 4.69) is 47.8 Å². The molecule has 0 aliphatic carbocycles. The Morgan fingerprint density at radius 2 is 2.31 bits per heavy atom. The summed E-state index contributed by atoms with van der Waals surface area (Å²) in [5.41, 5.74) is 7.78. The van der Waals surface area contributed by atoms with Gasteiger partial charge in [-0.05, 0) is 61.1 Å².